The van der Waals surface area contributed by atoms with E-state index in [0.29, 0.717) is 0 Å². The van der Waals surface area contributed by atoms with Gasteiger partial charge < -0.3 is 15.2 Å². The summed E-state index contributed by atoms with van der Waals surface area (Å²) in [4.78, 5) is 22.2. The molecule has 0 aliphatic heterocycles. The second kappa shape index (κ2) is 4.58. The van der Waals surface area contributed by atoms with Gasteiger partial charge in [-0.3, -0.25) is 0 Å². The zero-order valence-corrected chi connectivity index (χ0v) is 6.17. The van der Waals surface area contributed by atoms with Crippen molar-refractivity contribution in [3.8, 4) is 0 Å². The van der Waals surface area contributed by atoms with Crippen LogP contribution in [0, 0.1) is 5.89 Å². The summed E-state index contributed by atoms with van der Waals surface area (Å²) >= 11 is 0. The molecular formula is C7H13NO4. The van der Waals surface area contributed by atoms with Gasteiger partial charge in [-0.2, -0.15) is 0 Å². The van der Waals surface area contributed by atoms with E-state index in [2.05, 4.69) is 4.74 Å². The highest BCUT2D eigenvalue weighted by Crippen LogP contribution is 2.01. The molecule has 0 saturated carbocycles. The predicted octanol–water partition coefficient (Wildman–Crippen LogP) is 0.452. The third-order valence-corrected chi connectivity index (χ3v) is 0.876. The molecule has 0 aromatic heterocycles. The van der Waals surface area contributed by atoms with Crippen molar-refractivity contribution >= 4 is 12.1 Å². The van der Waals surface area contributed by atoms with Gasteiger partial charge in [0.15, 0.2) is 0 Å². The van der Waals surface area contributed by atoms with E-state index in [4.69, 9.17) is 16.1 Å². The molecule has 0 aliphatic carbocycles. The summed E-state index contributed by atoms with van der Waals surface area (Å²) in [7, 11) is 0.800. The Hall–Kier alpha value is -1.26. The number of rotatable bonds is 3. The minimum Gasteiger partial charge on any atom is -0.480 e. The smallest absolute Gasteiger partial charge is 0.407 e. The van der Waals surface area contributed by atoms with Crippen molar-refractivity contribution in [1.82, 2.24) is 5.32 Å². The van der Waals surface area contributed by atoms with Gasteiger partial charge in [-0.25, -0.2) is 9.59 Å². The Balaban J connectivity index is 6.22. The van der Waals surface area contributed by atoms with Crippen molar-refractivity contribution in [1.29, 1.82) is 0 Å². The number of amides is 1. The van der Waals surface area contributed by atoms with Crippen molar-refractivity contribution in [3.05, 3.63) is 0 Å². The largest absolute Gasteiger partial charge is 0.480 e. The fraction of sp³-hybridized carbons (Fsp3) is 0.714. The maximum atomic E-state index is 11.1. The number of carboxylic acids is 1. The highest BCUT2D eigenvalue weighted by Gasteiger charge is 2.23. The molecule has 0 radical (unpaired) electrons. The summed E-state index contributed by atoms with van der Waals surface area (Å²) in [6, 6.07) is -3.67. The molecule has 0 spiro atoms. The lowest BCUT2D eigenvalue weighted by Crippen LogP contribution is -2.44. The van der Waals surface area contributed by atoms with Gasteiger partial charge in [0.05, 0.1) is 8.48 Å². The highest BCUT2D eigenvalue weighted by molar-refractivity contribution is 5.80. The minimum absolute atomic E-state index is 0.800. The Morgan fingerprint density at radius 1 is 1.67 bits per heavy atom. The van der Waals surface area contributed by atoms with Crippen LogP contribution in [0.3, 0.4) is 0 Å². The third kappa shape index (κ3) is 3.23. The molecule has 70 valence electrons. The number of carboxylic acid groups (broad SMARTS) is 1. The fourth-order valence-corrected chi connectivity index (χ4v) is 0.376. The van der Waals surface area contributed by atoms with Crippen molar-refractivity contribution in [3.63, 3.8) is 0 Å². The van der Waals surface area contributed by atoms with E-state index in [-0.39, 0.29) is 0 Å². The molecule has 0 unspecified atom stereocenters. The van der Waals surface area contributed by atoms with E-state index < -0.39 is 37.7 Å². The molecule has 0 aromatic rings. The Morgan fingerprint density at radius 3 is 2.58 bits per heavy atom. The number of carbonyl (C=O) groups excluding carboxylic acids is 1. The summed E-state index contributed by atoms with van der Waals surface area (Å²) in [5.74, 6) is -6.13. The number of alkyl carbamates (subject to hydrolysis) is 1. The van der Waals surface area contributed by atoms with Crippen molar-refractivity contribution in [2.24, 2.45) is 5.89 Å². The van der Waals surface area contributed by atoms with Gasteiger partial charge in [-0.15, -0.1) is 0 Å². The zero-order valence-electron chi connectivity index (χ0n) is 14.2. The van der Waals surface area contributed by atoms with Crippen LogP contribution in [-0.2, 0) is 9.53 Å². The standard InChI is InChI=1S/C7H13NO4/c1-4(2)5(6(9)10)8-7(11)12-3/h4-5H,1-3H3,(H,8,11)(H,9,10)/t5-/m0/s1/i1D3,2D3,4D,5D. The predicted molar refractivity (Wildman–Crippen MR) is 41.8 cm³/mol. The molecule has 0 bridgehead atoms. The number of hydrogen-bond donors (Lipinski definition) is 2. The number of hydrogen-bond acceptors (Lipinski definition) is 3. The van der Waals surface area contributed by atoms with Crippen LogP contribution >= 0.6 is 0 Å². The first-order chi connectivity index (χ1) is 8.65. The van der Waals surface area contributed by atoms with Gasteiger partial charge >= 0.3 is 12.1 Å². The second-order valence-corrected chi connectivity index (χ2v) is 1.67. The van der Waals surface area contributed by atoms with E-state index in [0.717, 1.165) is 7.11 Å². The average Bonchev–Trinajstić information content (AvgIpc) is 2.23. The summed E-state index contributed by atoms with van der Waals surface area (Å²) in [6.45, 7) is -7.39. The van der Waals surface area contributed by atoms with Gasteiger partial charge in [0.2, 0.25) is 0 Å². The summed E-state index contributed by atoms with van der Waals surface area (Å²) in [6.07, 6.45) is -1.55. The lowest BCUT2D eigenvalue weighted by Gasteiger charge is -2.16. The fourth-order valence-electron chi connectivity index (χ4n) is 0.376. The quantitative estimate of drug-likeness (QED) is 0.666. The summed E-state index contributed by atoms with van der Waals surface area (Å²) < 4.78 is 61.8. The van der Waals surface area contributed by atoms with Crippen molar-refractivity contribution in [2.45, 2.75) is 19.7 Å². The van der Waals surface area contributed by atoms with E-state index in [1.807, 2.05) is 0 Å². The first-order valence-corrected chi connectivity index (χ1v) is 2.74. The van der Waals surface area contributed by atoms with Crippen molar-refractivity contribution in [2.75, 3.05) is 7.11 Å². The van der Waals surface area contributed by atoms with E-state index in [9.17, 15) is 9.59 Å². The Morgan fingerprint density at radius 2 is 2.25 bits per heavy atom. The first kappa shape index (κ1) is 3.24. The lowest BCUT2D eigenvalue weighted by molar-refractivity contribution is -0.140. The first-order valence-electron chi connectivity index (χ1n) is 6.74. The molecule has 12 heavy (non-hydrogen) atoms. The molecule has 5 nitrogen and oxygen atoms in total. The number of ether oxygens (including phenoxy) is 1. The van der Waals surface area contributed by atoms with E-state index in [1.165, 1.54) is 5.32 Å². The lowest BCUT2D eigenvalue weighted by atomic mass is 10.1. The van der Waals surface area contributed by atoms with Gasteiger partial charge in [0, 0.05) is 9.60 Å². The van der Waals surface area contributed by atoms with E-state index in [1.54, 1.807) is 0 Å². The highest BCUT2D eigenvalue weighted by atomic mass is 16.5. The number of aliphatic carboxylic acids is 1. The molecule has 0 rings (SSSR count). The second-order valence-electron chi connectivity index (χ2n) is 1.67. The SMILES string of the molecule is [2H]C([2H])([2H])C([2H])(C([2H])([2H])[2H])[C@]([2H])(NC(=O)OC)C(=O)O. The van der Waals surface area contributed by atoms with Crippen LogP contribution in [-0.4, -0.2) is 30.3 Å². The maximum Gasteiger partial charge on any atom is 0.407 e. The van der Waals surface area contributed by atoms with Gasteiger partial charge in [0.25, 0.3) is 0 Å². The summed E-state index contributed by atoms with van der Waals surface area (Å²) in [5.41, 5.74) is 0. The monoisotopic (exact) mass is 183 g/mol. The number of methoxy groups -OCH3 is 1. The molecular weight excluding hydrogens is 162 g/mol. The van der Waals surface area contributed by atoms with Gasteiger partial charge in [-0.1, -0.05) is 13.7 Å². The molecule has 1 atom stereocenters. The number of nitrogens with one attached hydrogen (secondary N) is 1. The molecule has 5 heteroatoms. The molecule has 0 fully saturated rings. The Kier molecular flexibility index (Phi) is 1.24. The number of carbonyl (C=O) groups is 2. The Labute approximate surface area is 81.9 Å². The minimum atomic E-state index is -3.81. The topological polar surface area (TPSA) is 75.6 Å². The van der Waals surface area contributed by atoms with Gasteiger partial charge in [0.1, 0.15) is 6.02 Å². The van der Waals surface area contributed by atoms with Crippen LogP contribution in [0.2, 0.25) is 0 Å². The van der Waals surface area contributed by atoms with Crippen LogP contribution in [0.15, 0.2) is 0 Å². The molecule has 0 heterocycles. The average molecular weight is 183 g/mol. The maximum absolute atomic E-state index is 11.1. The summed E-state index contributed by atoms with van der Waals surface area (Å²) in [5, 5.41) is 10.3. The van der Waals surface area contributed by atoms with Crippen LogP contribution in [0.5, 0.6) is 0 Å². The van der Waals surface area contributed by atoms with Crippen LogP contribution < -0.4 is 5.32 Å². The van der Waals surface area contributed by atoms with Crippen molar-refractivity contribution < 1.29 is 30.4 Å². The van der Waals surface area contributed by atoms with Crippen LogP contribution in [0.4, 0.5) is 4.79 Å². The van der Waals surface area contributed by atoms with Crippen LogP contribution in [0.1, 0.15) is 24.7 Å². The van der Waals surface area contributed by atoms with E-state index >= 15 is 0 Å². The third-order valence-electron chi connectivity index (χ3n) is 0.876. The van der Waals surface area contributed by atoms with Crippen LogP contribution in [0.25, 0.3) is 0 Å². The normalized spacial score (nSPS) is 27.8. The molecule has 0 aromatic carbocycles. The molecule has 1 amide bonds. The molecule has 0 aliphatic rings. The Bertz CT molecular complexity index is 391. The van der Waals surface area contributed by atoms with Gasteiger partial charge in [-0.05, 0) is 5.89 Å². The molecule has 2 N–H and O–H groups in total. The zero-order chi connectivity index (χ0) is 16.6. The molecule has 0 saturated heterocycles.